The van der Waals surface area contributed by atoms with E-state index in [9.17, 15) is 4.79 Å². The number of amides is 1. The molecule has 108 valence electrons. The SMILES string of the molecule is Cl.Cl.NC(=O)C1CCN(c2cccc3cccnc23)C1. The first kappa shape index (κ1) is 16.5. The number of halogens is 2. The molecule has 1 saturated heterocycles. The van der Waals surface area contributed by atoms with Gasteiger partial charge in [-0.3, -0.25) is 9.78 Å². The maximum absolute atomic E-state index is 11.2. The second-order valence-electron chi connectivity index (χ2n) is 4.69. The third-order valence-electron chi connectivity index (χ3n) is 3.54. The second-order valence-corrected chi connectivity index (χ2v) is 4.69. The van der Waals surface area contributed by atoms with Crippen molar-refractivity contribution in [3.8, 4) is 0 Å². The summed E-state index contributed by atoms with van der Waals surface area (Å²) < 4.78 is 0. The van der Waals surface area contributed by atoms with Gasteiger partial charge >= 0.3 is 0 Å². The summed E-state index contributed by atoms with van der Waals surface area (Å²) in [6, 6.07) is 10.1. The van der Waals surface area contributed by atoms with Crippen molar-refractivity contribution in [3.05, 3.63) is 36.5 Å². The summed E-state index contributed by atoms with van der Waals surface area (Å²) in [6.45, 7) is 1.56. The average Bonchev–Trinajstić information content (AvgIpc) is 2.87. The first-order valence-corrected chi connectivity index (χ1v) is 6.14. The summed E-state index contributed by atoms with van der Waals surface area (Å²) in [7, 11) is 0. The van der Waals surface area contributed by atoms with E-state index >= 15 is 0 Å². The molecule has 20 heavy (non-hydrogen) atoms. The Morgan fingerprint density at radius 3 is 2.70 bits per heavy atom. The Bertz CT molecular complexity index is 600. The zero-order valence-electron chi connectivity index (χ0n) is 10.9. The number of fused-ring (bicyclic) bond motifs is 1. The van der Waals surface area contributed by atoms with Crippen LogP contribution in [-0.4, -0.2) is 24.0 Å². The van der Waals surface area contributed by atoms with E-state index in [0.717, 1.165) is 29.6 Å². The molecule has 0 bridgehead atoms. The topological polar surface area (TPSA) is 59.2 Å². The van der Waals surface area contributed by atoms with Gasteiger partial charge in [-0.1, -0.05) is 18.2 Å². The lowest BCUT2D eigenvalue weighted by molar-refractivity contribution is -0.121. The summed E-state index contributed by atoms with van der Waals surface area (Å²) in [5, 5.41) is 1.12. The molecule has 2 heterocycles. The van der Waals surface area contributed by atoms with Crippen LogP contribution in [0.4, 0.5) is 5.69 Å². The van der Waals surface area contributed by atoms with Gasteiger partial charge in [0.25, 0.3) is 0 Å². The third kappa shape index (κ3) is 2.97. The molecule has 0 saturated carbocycles. The summed E-state index contributed by atoms with van der Waals surface area (Å²) in [5.41, 5.74) is 7.45. The molecular formula is C14H17Cl2N3O. The Kier molecular flexibility index (Phi) is 5.60. The van der Waals surface area contributed by atoms with E-state index in [4.69, 9.17) is 5.73 Å². The van der Waals surface area contributed by atoms with Crippen LogP contribution in [0.15, 0.2) is 36.5 Å². The standard InChI is InChI=1S/C14H15N3O.2ClH/c15-14(18)11-6-8-17(9-11)12-5-1-3-10-4-2-7-16-13(10)12;;/h1-5,7,11H,6,8-9H2,(H2,15,18);2*1H. The number of rotatable bonds is 2. The van der Waals surface area contributed by atoms with Gasteiger partial charge in [-0.15, -0.1) is 24.8 Å². The molecule has 3 rings (SSSR count). The summed E-state index contributed by atoms with van der Waals surface area (Å²) >= 11 is 0. The van der Waals surface area contributed by atoms with Crippen molar-refractivity contribution in [1.82, 2.24) is 4.98 Å². The molecule has 1 aromatic heterocycles. The summed E-state index contributed by atoms with van der Waals surface area (Å²) in [5.74, 6) is -0.241. The second kappa shape index (κ2) is 6.77. The Morgan fingerprint density at radius 1 is 1.25 bits per heavy atom. The van der Waals surface area contributed by atoms with Gasteiger partial charge in [-0.05, 0) is 18.6 Å². The van der Waals surface area contributed by atoms with Crippen molar-refractivity contribution < 1.29 is 4.79 Å². The number of pyridine rings is 1. The fourth-order valence-electron chi connectivity index (χ4n) is 2.55. The van der Waals surface area contributed by atoms with Gasteiger partial charge in [0.2, 0.25) is 5.91 Å². The zero-order chi connectivity index (χ0) is 12.5. The van der Waals surface area contributed by atoms with E-state index in [2.05, 4.69) is 16.0 Å². The molecule has 1 unspecified atom stereocenters. The van der Waals surface area contributed by atoms with E-state index in [1.807, 2.05) is 24.3 Å². The van der Waals surface area contributed by atoms with Crippen molar-refractivity contribution in [1.29, 1.82) is 0 Å². The highest BCUT2D eigenvalue weighted by Crippen LogP contribution is 2.29. The lowest BCUT2D eigenvalue weighted by Crippen LogP contribution is -2.27. The molecule has 0 spiro atoms. The molecule has 0 aliphatic carbocycles. The smallest absolute Gasteiger partial charge is 0.222 e. The van der Waals surface area contributed by atoms with Gasteiger partial charge in [-0.2, -0.15) is 0 Å². The molecular weight excluding hydrogens is 297 g/mol. The summed E-state index contributed by atoms with van der Waals surface area (Å²) in [4.78, 5) is 17.9. The fraction of sp³-hybridized carbons (Fsp3) is 0.286. The number of anilines is 1. The van der Waals surface area contributed by atoms with Crippen LogP contribution in [0.3, 0.4) is 0 Å². The van der Waals surface area contributed by atoms with Crippen molar-refractivity contribution in [3.63, 3.8) is 0 Å². The van der Waals surface area contributed by atoms with Crippen LogP contribution in [-0.2, 0) is 4.79 Å². The molecule has 2 aromatic rings. The minimum Gasteiger partial charge on any atom is -0.369 e. The first-order chi connectivity index (χ1) is 8.75. The van der Waals surface area contributed by atoms with Crippen LogP contribution in [0.5, 0.6) is 0 Å². The number of carbonyl (C=O) groups is 1. The molecule has 1 aromatic carbocycles. The van der Waals surface area contributed by atoms with Crippen LogP contribution >= 0.6 is 24.8 Å². The van der Waals surface area contributed by atoms with Gasteiger partial charge in [0.15, 0.2) is 0 Å². The predicted molar refractivity (Wildman–Crippen MR) is 85.8 cm³/mol. The molecule has 6 heteroatoms. The molecule has 4 nitrogen and oxygen atoms in total. The molecule has 1 aliphatic rings. The number of primary amides is 1. The highest BCUT2D eigenvalue weighted by molar-refractivity contribution is 5.91. The molecule has 1 fully saturated rings. The number of hydrogen-bond acceptors (Lipinski definition) is 3. The lowest BCUT2D eigenvalue weighted by Gasteiger charge is -2.19. The van der Waals surface area contributed by atoms with Crippen LogP contribution in [0.2, 0.25) is 0 Å². The van der Waals surface area contributed by atoms with E-state index < -0.39 is 0 Å². The number of nitrogens with two attached hydrogens (primary N) is 1. The van der Waals surface area contributed by atoms with E-state index in [1.54, 1.807) is 6.20 Å². The Morgan fingerprint density at radius 2 is 2.00 bits per heavy atom. The minimum atomic E-state index is -0.203. The Balaban J connectivity index is 0.000001000. The normalized spacial score (nSPS) is 17.4. The zero-order valence-corrected chi connectivity index (χ0v) is 12.5. The van der Waals surface area contributed by atoms with Crippen molar-refractivity contribution in [2.45, 2.75) is 6.42 Å². The first-order valence-electron chi connectivity index (χ1n) is 6.14. The third-order valence-corrected chi connectivity index (χ3v) is 3.54. The van der Waals surface area contributed by atoms with Gasteiger partial charge < -0.3 is 10.6 Å². The predicted octanol–water partition coefficient (Wildman–Crippen LogP) is 2.39. The fourth-order valence-corrected chi connectivity index (χ4v) is 2.55. The maximum atomic E-state index is 11.2. The minimum absolute atomic E-state index is 0. The van der Waals surface area contributed by atoms with Gasteiger partial charge in [-0.25, -0.2) is 0 Å². The largest absolute Gasteiger partial charge is 0.369 e. The van der Waals surface area contributed by atoms with Crippen LogP contribution in [0.1, 0.15) is 6.42 Å². The molecule has 1 aliphatic heterocycles. The van der Waals surface area contributed by atoms with Crippen molar-refractivity contribution >= 4 is 47.3 Å². The number of aromatic nitrogens is 1. The molecule has 1 amide bonds. The van der Waals surface area contributed by atoms with Crippen LogP contribution < -0.4 is 10.6 Å². The number of para-hydroxylation sites is 1. The highest BCUT2D eigenvalue weighted by Gasteiger charge is 2.27. The molecule has 2 N–H and O–H groups in total. The van der Waals surface area contributed by atoms with E-state index in [1.165, 1.54) is 0 Å². The maximum Gasteiger partial charge on any atom is 0.222 e. The van der Waals surface area contributed by atoms with Gasteiger partial charge in [0, 0.05) is 24.7 Å². The Labute approximate surface area is 130 Å². The van der Waals surface area contributed by atoms with Crippen LogP contribution in [0, 0.1) is 5.92 Å². The lowest BCUT2D eigenvalue weighted by atomic mass is 10.1. The van der Waals surface area contributed by atoms with E-state index in [0.29, 0.717) is 6.54 Å². The molecule has 1 atom stereocenters. The number of nitrogens with zero attached hydrogens (tertiary/aromatic N) is 2. The number of hydrogen-bond donors (Lipinski definition) is 1. The Hall–Kier alpha value is -1.52. The quantitative estimate of drug-likeness (QED) is 0.926. The van der Waals surface area contributed by atoms with Crippen molar-refractivity contribution in [2.75, 3.05) is 18.0 Å². The van der Waals surface area contributed by atoms with Gasteiger partial charge in [0.05, 0.1) is 17.1 Å². The molecule has 0 radical (unpaired) electrons. The van der Waals surface area contributed by atoms with E-state index in [-0.39, 0.29) is 36.6 Å². The number of benzene rings is 1. The average molecular weight is 314 g/mol. The summed E-state index contributed by atoms with van der Waals surface area (Å²) in [6.07, 6.45) is 2.63. The monoisotopic (exact) mass is 313 g/mol. The van der Waals surface area contributed by atoms with Crippen LogP contribution in [0.25, 0.3) is 10.9 Å². The van der Waals surface area contributed by atoms with Gasteiger partial charge in [0.1, 0.15) is 0 Å². The number of carbonyl (C=O) groups excluding carboxylic acids is 1. The highest BCUT2D eigenvalue weighted by atomic mass is 35.5. The van der Waals surface area contributed by atoms with Crippen molar-refractivity contribution in [2.24, 2.45) is 11.7 Å².